The number of amidine groups is 1. The molecule has 3 aromatic rings. The molecular weight excluding hydrogens is 548 g/mol. The Morgan fingerprint density at radius 2 is 1.57 bits per heavy atom. The maximum atomic E-state index is 12.8. The zero-order chi connectivity index (χ0) is 28.2. The van der Waals surface area contributed by atoms with E-state index in [0.717, 1.165) is 45.4 Å². The Balaban J connectivity index is 1.04. The number of rotatable bonds is 8. The number of nitrogens with two attached hydrogens (primary N) is 1. The number of nitrogens with zero attached hydrogens (tertiary/aromatic N) is 3. The third-order valence-electron chi connectivity index (χ3n) is 7.18. The van der Waals surface area contributed by atoms with Crippen molar-refractivity contribution in [2.24, 2.45) is 10.7 Å². The van der Waals surface area contributed by atoms with Crippen LogP contribution >= 0.6 is 23.1 Å². The van der Waals surface area contributed by atoms with Gasteiger partial charge < -0.3 is 15.9 Å². The van der Waals surface area contributed by atoms with Crippen LogP contribution in [0.3, 0.4) is 0 Å². The normalized spacial score (nSPS) is 21.6. The van der Waals surface area contributed by atoms with Gasteiger partial charge >= 0.3 is 0 Å². The number of amides is 2. The summed E-state index contributed by atoms with van der Waals surface area (Å²) in [6.45, 7) is 0. The minimum absolute atomic E-state index is 0.0239. The second kappa shape index (κ2) is 12.4. The average Bonchev–Trinajstić information content (AvgIpc) is 3.63. The minimum atomic E-state index is -0.688. The summed E-state index contributed by atoms with van der Waals surface area (Å²) < 4.78 is 0. The zero-order valence-corrected chi connectivity index (χ0v) is 23.3. The summed E-state index contributed by atoms with van der Waals surface area (Å²) in [6.07, 6.45) is 1.91. The number of hydrogen-bond acceptors (Lipinski definition) is 9. The smallest absolute Gasteiger partial charge is 0.255 e. The molecule has 0 bridgehead atoms. The van der Waals surface area contributed by atoms with Crippen LogP contribution in [-0.2, 0) is 16.0 Å². The van der Waals surface area contributed by atoms with Gasteiger partial charge in [0, 0.05) is 6.42 Å². The summed E-state index contributed by atoms with van der Waals surface area (Å²) in [5.74, 6) is -1.56. The number of carbonyl (C=O) groups is 2. The Morgan fingerprint density at radius 1 is 0.975 bits per heavy atom. The first kappa shape index (κ1) is 28.1. The van der Waals surface area contributed by atoms with Crippen molar-refractivity contribution in [3.63, 3.8) is 0 Å². The molecule has 4 atom stereocenters. The molecule has 2 aliphatic rings. The number of thioether (sulfide) groups is 1. The Labute approximate surface area is 239 Å². The number of aliphatic hydroxyl groups is 2. The second-order valence-corrected chi connectivity index (χ2v) is 12.1. The third-order valence-corrected chi connectivity index (χ3v) is 8.83. The Kier molecular flexibility index (Phi) is 8.69. The number of aromatic nitrogens is 2. The highest BCUT2D eigenvalue weighted by Gasteiger charge is 2.35. The molecule has 1 heterocycles. The van der Waals surface area contributed by atoms with Gasteiger partial charge in [-0.15, -0.1) is 10.2 Å². The summed E-state index contributed by atoms with van der Waals surface area (Å²) in [5.41, 5.74) is 9.10. The van der Waals surface area contributed by atoms with Crippen molar-refractivity contribution >= 4 is 50.3 Å². The molecule has 4 unspecified atom stereocenters. The number of aliphatic imine (C=N–C) groups is 1. The van der Waals surface area contributed by atoms with Crippen molar-refractivity contribution in [1.29, 1.82) is 5.41 Å². The summed E-state index contributed by atoms with van der Waals surface area (Å²) in [7, 11) is 0. The predicted octanol–water partition coefficient (Wildman–Crippen LogP) is 4.18. The Morgan fingerprint density at radius 3 is 2.25 bits per heavy atom. The number of benzene rings is 2. The van der Waals surface area contributed by atoms with Gasteiger partial charge in [0.2, 0.25) is 11.0 Å². The van der Waals surface area contributed by atoms with E-state index in [1.165, 1.54) is 11.3 Å². The van der Waals surface area contributed by atoms with Gasteiger partial charge in [-0.3, -0.25) is 20.3 Å². The molecule has 2 aromatic carbocycles. The lowest BCUT2D eigenvalue weighted by Crippen LogP contribution is -2.19. The summed E-state index contributed by atoms with van der Waals surface area (Å²) in [5, 5.41) is 41.3. The molecule has 40 heavy (non-hydrogen) atoms. The van der Waals surface area contributed by atoms with Crippen LogP contribution in [0.1, 0.15) is 83.4 Å². The van der Waals surface area contributed by atoms with Crippen molar-refractivity contribution in [3.8, 4) is 0 Å². The van der Waals surface area contributed by atoms with Crippen LogP contribution in [-0.4, -0.2) is 42.4 Å². The SMILES string of the molecule is N=C(CCCCc1nnc(NC(=O)C2CC(O)c3ccccc32)s1)SC(N)=NC(=O)C1CC(O)c2ccccc21. The molecule has 12 heteroatoms. The number of nitrogens with one attached hydrogen (secondary N) is 2. The van der Waals surface area contributed by atoms with E-state index in [1.54, 1.807) is 0 Å². The molecule has 10 nitrogen and oxygen atoms in total. The fourth-order valence-corrected chi connectivity index (χ4v) is 6.66. The summed E-state index contributed by atoms with van der Waals surface area (Å²) >= 11 is 2.29. The quantitative estimate of drug-likeness (QED) is 0.150. The van der Waals surface area contributed by atoms with E-state index < -0.39 is 30.0 Å². The predicted molar refractivity (Wildman–Crippen MR) is 156 cm³/mol. The van der Waals surface area contributed by atoms with Crippen molar-refractivity contribution in [3.05, 3.63) is 75.8 Å². The first-order valence-corrected chi connectivity index (χ1v) is 14.7. The highest BCUT2D eigenvalue weighted by Crippen LogP contribution is 2.41. The zero-order valence-electron chi connectivity index (χ0n) is 21.6. The van der Waals surface area contributed by atoms with Gasteiger partial charge in [-0.05, 0) is 66.1 Å². The van der Waals surface area contributed by atoms with Crippen molar-refractivity contribution in [1.82, 2.24) is 10.2 Å². The van der Waals surface area contributed by atoms with Crippen molar-refractivity contribution < 1.29 is 19.8 Å². The van der Waals surface area contributed by atoms with Gasteiger partial charge in [-0.25, -0.2) is 0 Å². The minimum Gasteiger partial charge on any atom is -0.388 e. The third kappa shape index (κ3) is 6.30. The molecule has 2 amide bonds. The Bertz CT molecular complexity index is 1460. The number of hydrogen-bond donors (Lipinski definition) is 5. The molecule has 0 radical (unpaired) electrons. The first-order valence-electron chi connectivity index (χ1n) is 13.1. The van der Waals surface area contributed by atoms with E-state index in [-0.39, 0.29) is 17.5 Å². The van der Waals surface area contributed by atoms with Crippen LogP contribution < -0.4 is 11.1 Å². The van der Waals surface area contributed by atoms with E-state index in [2.05, 4.69) is 20.5 Å². The monoisotopic (exact) mass is 578 g/mol. The maximum Gasteiger partial charge on any atom is 0.255 e. The second-order valence-electron chi connectivity index (χ2n) is 9.88. The number of aliphatic hydroxyl groups excluding tert-OH is 2. The molecule has 5 rings (SSSR count). The highest BCUT2D eigenvalue weighted by molar-refractivity contribution is 8.26. The van der Waals surface area contributed by atoms with Gasteiger partial charge in [0.05, 0.1) is 29.1 Å². The summed E-state index contributed by atoms with van der Waals surface area (Å²) in [6, 6.07) is 14.7. The van der Waals surface area contributed by atoms with E-state index in [0.29, 0.717) is 35.9 Å². The standard InChI is InChI=1S/C28H30N6O4S2/c29-23(39-27(30)31-25(37)19-13-21(35)17-9-3-1-7-15(17)19)11-5-6-12-24-33-34-28(40-24)32-26(38)20-14-22(36)18-10-4-2-8-16(18)20/h1-4,7-10,19-22,29,35-36H,5-6,11-14H2,(H2,30,31,37)(H,32,34,38). The lowest BCUT2D eigenvalue weighted by molar-refractivity contribution is -0.119. The average molecular weight is 579 g/mol. The molecule has 0 saturated carbocycles. The molecule has 2 aliphatic carbocycles. The van der Waals surface area contributed by atoms with Gasteiger partial charge in [0.25, 0.3) is 5.91 Å². The van der Waals surface area contributed by atoms with Crippen LogP contribution in [0.2, 0.25) is 0 Å². The number of fused-ring (bicyclic) bond motifs is 2. The molecule has 0 spiro atoms. The molecule has 0 saturated heterocycles. The largest absolute Gasteiger partial charge is 0.388 e. The molecule has 6 N–H and O–H groups in total. The van der Waals surface area contributed by atoms with E-state index in [1.807, 2.05) is 48.5 Å². The van der Waals surface area contributed by atoms with Crippen LogP contribution in [0.4, 0.5) is 5.13 Å². The molecule has 0 aliphatic heterocycles. The van der Waals surface area contributed by atoms with Gasteiger partial charge in [-0.2, -0.15) is 4.99 Å². The Hall–Kier alpha value is -3.45. The van der Waals surface area contributed by atoms with Gasteiger partial charge in [0.15, 0.2) is 5.17 Å². The molecule has 1 aromatic heterocycles. The molecule has 0 fully saturated rings. The molecular formula is C28H30N6O4S2. The van der Waals surface area contributed by atoms with Gasteiger partial charge in [-0.1, -0.05) is 59.9 Å². The van der Waals surface area contributed by atoms with E-state index in [4.69, 9.17) is 11.1 Å². The number of carbonyl (C=O) groups excluding carboxylic acids is 2. The van der Waals surface area contributed by atoms with Crippen molar-refractivity contribution in [2.75, 3.05) is 5.32 Å². The first-order chi connectivity index (χ1) is 19.3. The number of anilines is 1. The number of aryl methyl sites for hydroxylation is 1. The lowest BCUT2D eigenvalue weighted by atomic mass is 10.0. The topological polar surface area (TPSA) is 175 Å². The van der Waals surface area contributed by atoms with Crippen LogP contribution in [0.15, 0.2) is 53.5 Å². The van der Waals surface area contributed by atoms with Crippen molar-refractivity contribution in [2.45, 2.75) is 62.6 Å². The highest BCUT2D eigenvalue weighted by atomic mass is 32.2. The van der Waals surface area contributed by atoms with Crippen LogP contribution in [0.25, 0.3) is 0 Å². The van der Waals surface area contributed by atoms with Crippen LogP contribution in [0, 0.1) is 5.41 Å². The van der Waals surface area contributed by atoms with Crippen LogP contribution in [0.5, 0.6) is 0 Å². The summed E-state index contributed by atoms with van der Waals surface area (Å²) in [4.78, 5) is 29.4. The van der Waals surface area contributed by atoms with E-state index >= 15 is 0 Å². The number of unbranched alkanes of at least 4 members (excludes halogenated alkanes) is 1. The lowest BCUT2D eigenvalue weighted by Gasteiger charge is -2.09. The molecule has 208 valence electrons. The van der Waals surface area contributed by atoms with E-state index in [9.17, 15) is 19.8 Å². The fraction of sp³-hybridized carbons (Fsp3) is 0.357. The fourth-order valence-electron chi connectivity index (χ4n) is 5.25. The van der Waals surface area contributed by atoms with Gasteiger partial charge in [0.1, 0.15) is 5.01 Å². The maximum absolute atomic E-state index is 12.8.